The van der Waals surface area contributed by atoms with E-state index in [0.717, 1.165) is 0 Å². The molecule has 0 spiro atoms. The van der Waals surface area contributed by atoms with E-state index in [2.05, 4.69) is 10.6 Å². The lowest BCUT2D eigenvalue weighted by molar-refractivity contribution is -0.136. The highest BCUT2D eigenvalue weighted by atomic mass is 35.5. The third-order valence-corrected chi connectivity index (χ3v) is 2.90. The molecule has 0 aromatic heterocycles. The summed E-state index contributed by atoms with van der Waals surface area (Å²) < 4.78 is 0. The molecule has 0 fully saturated rings. The Morgan fingerprint density at radius 3 is 2.65 bits per heavy atom. The van der Waals surface area contributed by atoms with E-state index in [1.54, 1.807) is 31.2 Å². The van der Waals surface area contributed by atoms with Crippen LogP contribution in [-0.2, 0) is 10.4 Å². The number of urea groups is 1. The molecule has 6 nitrogen and oxygen atoms in total. The second-order valence-electron chi connectivity index (χ2n) is 4.54. The maximum Gasteiger partial charge on any atom is 0.314 e. The summed E-state index contributed by atoms with van der Waals surface area (Å²) in [4.78, 5) is 21.7. The minimum Gasteiger partial charge on any atom is -0.481 e. The summed E-state index contributed by atoms with van der Waals surface area (Å²) in [6.07, 6.45) is -0.155. The standard InChI is InChI=1S/C13H17ClN2O4/c1-13(20,9-3-2-4-10(14)7-9)8-16-12(19)15-6-5-11(17)18/h2-4,7,20H,5-6,8H2,1H3,(H,17,18)(H2,15,16,19). The average Bonchev–Trinajstić information content (AvgIpc) is 2.36. The molecular weight excluding hydrogens is 284 g/mol. The number of halogens is 1. The summed E-state index contributed by atoms with van der Waals surface area (Å²) in [6, 6.07) is 6.18. The lowest BCUT2D eigenvalue weighted by Gasteiger charge is -2.24. The van der Waals surface area contributed by atoms with Crippen LogP contribution in [0.1, 0.15) is 18.9 Å². The molecule has 0 heterocycles. The molecule has 4 N–H and O–H groups in total. The highest BCUT2D eigenvalue weighted by Gasteiger charge is 2.23. The zero-order valence-corrected chi connectivity index (χ0v) is 11.8. The Kier molecular flexibility index (Phi) is 5.79. The Labute approximate surface area is 121 Å². The Morgan fingerprint density at radius 1 is 1.35 bits per heavy atom. The van der Waals surface area contributed by atoms with E-state index in [0.29, 0.717) is 10.6 Å². The van der Waals surface area contributed by atoms with Gasteiger partial charge in [0.25, 0.3) is 0 Å². The highest BCUT2D eigenvalue weighted by molar-refractivity contribution is 6.30. The number of carboxylic acids is 1. The molecular formula is C13H17ClN2O4. The van der Waals surface area contributed by atoms with Gasteiger partial charge in [-0.15, -0.1) is 0 Å². The third-order valence-electron chi connectivity index (χ3n) is 2.66. The monoisotopic (exact) mass is 300 g/mol. The van der Waals surface area contributed by atoms with Gasteiger partial charge in [-0.25, -0.2) is 4.79 Å². The molecule has 0 aliphatic heterocycles. The molecule has 0 radical (unpaired) electrons. The highest BCUT2D eigenvalue weighted by Crippen LogP contribution is 2.22. The summed E-state index contributed by atoms with van der Waals surface area (Å²) in [6.45, 7) is 1.56. The van der Waals surface area contributed by atoms with Crippen molar-refractivity contribution in [3.63, 3.8) is 0 Å². The van der Waals surface area contributed by atoms with E-state index < -0.39 is 17.6 Å². The smallest absolute Gasteiger partial charge is 0.314 e. The van der Waals surface area contributed by atoms with E-state index in [4.69, 9.17) is 16.7 Å². The van der Waals surface area contributed by atoms with E-state index in [1.165, 1.54) is 0 Å². The van der Waals surface area contributed by atoms with Crippen LogP contribution in [0.5, 0.6) is 0 Å². The van der Waals surface area contributed by atoms with Crippen molar-refractivity contribution in [1.82, 2.24) is 10.6 Å². The van der Waals surface area contributed by atoms with Crippen molar-refractivity contribution in [2.24, 2.45) is 0 Å². The topological polar surface area (TPSA) is 98.7 Å². The van der Waals surface area contributed by atoms with Crippen LogP contribution in [0.3, 0.4) is 0 Å². The fraction of sp³-hybridized carbons (Fsp3) is 0.385. The number of nitrogens with one attached hydrogen (secondary N) is 2. The van der Waals surface area contributed by atoms with Gasteiger partial charge in [0, 0.05) is 11.6 Å². The first-order chi connectivity index (χ1) is 9.31. The zero-order chi connectivity index (χ0) is 15.2. The number of rotatable bonds is 6. The minimum absolute atomic E-state index is 0.0216. The van der Waals surface area contributed by atoms with Crippen molar-refractivity contribution in [2.45, 2.75) is 18.9 Å². The summed E-state index contributed by atoms with van der Waals surface area (Å²) in [5, 5.41) is 24.1. The third kappa shape index (κ3) is 5.46. The molecule has 0 saturated carbocycles. The fourth-order valence-electron chi connectivity index (χ4n) is 1.52. The fourth-order valence-corrected chi connectivity index (χ4v) is 1.71. The number of carboxylic acid groups (broad SMARTS) is 1. The van der Waals surface area contributed by atoms with Gasteiger partial charge in [0.1, 0.15) is 5.60 Å². The average molecular weight is 301 g/mol. The lowest BCUT2D eigenvalue weighted by Crippen LogP contribution is -2.43. The predicted octanol–water partition coefficient (Wildman–Crippen LogP) is 1.32. The molecule has 1 unspecified atom stereocenters. The maximum atomic E-state index is 11.4. The molecule has 1 aromatic carbocycles. The van der Waals surface area contributed by atoms with Gasteiger partial charge in [-0.2, -0.15) is 0 Å². The van der Waals surface area contributed by atoms with E-state index in [1.807, 2.05) is 0 Å². The molecule has 2 amide bonds. The summed E-state index contributed by atoms with van der Waals surface area (Å²) in [5.74, 6) is -0.990. The second kappa shape index (κ2) is 7.12. The molecule has 1 rings (SSSR count). The first-order valence-corrected chi connectivity index (χ1v) is 6.41. The van der Waals surface area contributed by atoms with Crippen molar-refractivity contribution in [1.29, 1.82) is 0 Å². The van der Waals surface area contributed by atoms with Crippen molar-refractivity contribution in [2.75, 3.05) is 13.1 Å². The molecule has 0 saturated heterocycles. The summed E-state index contributed by atoms with van der Waals surface area (Å²) in [7, 11) is 0. The van der Waals surface area contributed by atoms with Gasteiger partial charge < -0.3 is 20.8 Å². The molecule has 0 bridgehead atoms. The Hall–Kier alpha value is -1.79. The molecule has 0 aliphatic rings. The first-order valence-electron chi connectivity index (χ1n) is 6.03. The largest absolute Gasteiger partial charge is 0.481 e. The van der Waals surface area contributed by atoms with Gasteiger partial charge in [-0.05, 0) is 24.6 Å². The van der Waals surface area contributed by atoms with Crippen LogP contribution in [0.15, 0.2) is 24.3 Å². The van der Waals surface area contributed by atoms with Crippen molar-refractivity contribution in [3.8, 4) is 0 Å². The summed E-state index contributed by atoms with van der Waals surface area (Å²) >= 11 is 5.85. The van der Waals surface area contributed by atoms with Gasteiger partial charge in [-0.3, -0.25) is 4.79 Å². The van der Waals surface area contributed by atoms with Crippen molar-refractivity contribution < 1.29 is 19.8 Å². The molecule has 1 atom stereocenters. The molecule has 7 heteroatoms. The van der Waals surface area contributed by atoms with Crippen LogP contribution in [0.4, 0.5) is 4.79 Å². The van der Waals surface area contributed by atoms with E-state index in [-0.39, 0.29) is 19.5 Å². The van der Waals surface area contributed by atoms with Crippen molar-refractivity contribution in [3.05, 3.63) is 34.9 Å². The molecule has 110 valence electrons. The van der Waals surface area contributed by atoms with Crippen LogP contribution >= 0.6 is 11.6 Å². The normalized spacial score (nSPS) is 13.3. The number of hydrogen-bond acceptors (Lipinski definition) is 3. The van der Waals surface area contributed by atoms with Gasteiger partial charge in [0.15, 0.2) is 0 Å². The van der Waals surface area contributed by atoms with Crippen LogP contribution in [0, 0.1) is 0 Å². The van der Waals surface area contributed by atoms with Crippen LogP contribution in [0.25, 0.3) is 0 Å². The number of carbonyl (C=O) groups excluding carboxylic acids is 1. The number of hydrogen-bond donors (Lipinski definition) is 4. The number of amides is 2. The van der Waals surface area contributed by atoms with Gasteiger partial charge in [0.05, 0.1) is 13.0 Å². The van der Waals surface area contributed by atoms with Crippen LogP contribution in [0.2, 0.25) is 5.02 Å². The predicted molar refractivity (Wildman–Crippen MR) is 74.7 cm³/mol. The van der Waals surface area contributed by atoms with Gasteiger partial charge >= 0.3 is 12.0 Å². The number of benzene rings is 1. The SMILES string of the molecule is CC(O)(CNC(=O)NCCC(=O)O)c1cccc(Cl)c1. The Morgan fingerprint density at radius 2 is 2.05 bits per heavy atom. The lowest BCUT2D eigenvalue weighted by atomic mass is 9.96. The number of aliphatic hydroxyl groups is 1. The second-order valence-corrected chi connectivity index (χ2v) is 4.97. The quantitative estimate of drug-likeness (QED) is 0.637. The first kappa shape index (κ1) is 16.3. The maximum absolute atomic E-state index is 11.4. The Bertz CT molecular complexity index is 491. The molecule has 1 aromatic rings. The van der Waals surface area contributed by atoms with E-state index >= 15 is 0 Å². The van der Waals surface area contributed by atoms with Crippen molar-refractivity contribution >= 4 is 23.6 Å². The van der Waals surface area contributed by atoms with Gasteiger partial charge in [0.2, 0.25) is 0 Å². The molecule has 0 aliphatic carbocycles. The number of carbonyl (C=O) groups is 2. The molecule has 20 heavy (non-hydrogen) atoms. The minimum atomic E-state index is -1.27. The summed E-state index contributed by atoms with van der Waals surface area (Å²) in [5.41, 5.74) is -0.689. The van der Waals surface area contributed by atoms with Crippen LogP contribution < -0.4 is 10.6 Å². The number of aliphatic carboxylic acids is 1. The van der Waals surface area contributed by atoms with Crippen LogP contribution in [-0.4, -0.2) is 35.3 Å². The van der Waals surface area contributed by atoms with Gasteiger partial charge in [-0.1, -0.05) is 23.7 Å². The zero-order valence-electron chi connectivity index (χ0n) is 11.0. The van der Waals surface area contributed by atoms with E-state index in [9.17, 15) is 14.7 Å². The Balaban J connectivity index is 2.47.